The molecule has 0 atom stereocenters. The molecule has 21 heavy (non-hydrogen) atoms. The third-order valence-corrected chi connectivity index (χ3v) is 2.86. The molecule has 0 radical (unpaired) electrons. The Morgan fingerprint density at radius 1 is 1.33 bits per heavy atom. The summed E-state index contributed by atoms with van der Waals surface area (Å²) in [5.74, 6) is 0.343. The number of aromatic nitrogens is 3. The molecule has 112 valence electrons. The fourth-order valence-corrected chi connectivity index (χ4v) is 1.62. The highest BCUT2D eigenvalue weighted by molar-refractivity contribution is 6.30. The van der Waals surface area contributed by atoms with Gasteiger partial charge in [-0.1, -0.05) is 11.6 Å². The van der Waals surface area contributed by atoms with E-state index in [2.05, 4.69) is 20.5 Å². The molecule has 8 heteroatoms. The first kappa shape index (κ1) is 15.1. The Hall–Kier alpha value is -2.28. The van der Waals surface area contributed by atoms with Gasteiger partial charge in [0.1, 0.15) is 5.75 Å². The zero-order chi connectivity index (χ0) is 15.5. The molecule has 2 N–H and O–H groups in total. The van der Waals surface area contributed by atoms with Crippen LogP contribution in [0.4, 0.5) is 5.95 Å². The molecule has 1 aromatic heterocycles. The molecular formula is C13H15ClN4O3. The normalized spacial score (nSPS) is 11.0. The van der Waals surface area contributed by atoms with Crippen molar-refractivity contribution in [2.24, 2.45) is 0 Å². The van der Waals surface area contributed by atoms with Crippen LogP contribution in [0.3, 0.4) is 0 Å². The van der Waals surface area contributed by atoms with Crippen LogP contribution in [0.2, 0.25) is 5.02 Å². The van der Waals surface area contributed by atoms with Crippen LogP contribution in [0.1, 0.15) is 13.8 Å². The molecular weight excluding hydrogens is 296 g/mol. The van der Waals surface area contributed by atoms with E-state index in [0.717, 1.165) is 0 Å². The van der Waals surface area contributed by atoms with Gasteiger partial charge in [0.2, 0.25) is 5.95 Å². The maximum atomic E-state index is 12.2. The van der Waals surface area contributed by atoms with Crippen molar-refractivity contribution in [3.63, 3.8) is 0 Å². The lowest BCUT2D eigenvalue weighted by Crippen LogP contribution is -2.42. The SMILES string of the molecule is COc1n[nH]c(NC(=O)C(C)(C)Oc2ccc(Cl)cc2)n1. The number of methoxy groups -OCH3 is 1. The third kappa shape index (κ3) is 3.85. The number of aromatic amines is 1. The molecule has 0 saturated carbocycles. The molecule has 2 rings (SSSR count). The number of anilines is 1. The smallest absolute Gasteiger partial charge is 0.336 e. The highest BCUT2D eigenvalue weighted by Gasteiger charge is 2.30. The largest absolute Gasteiger partial charge is 0.478 e. The Kier molecular flexibility index (Phi) is 4.32. The zero-order valence-electron chi connectivity index (χ0n) is 11.8. The zero-order valence-corrected chi connectivity index (χ0v) is 12.6. The van der Waals surface area contributed by atoms with E-state index < -0.39 is 5.60 Å². The Labute approximate surface area is 126 Å². The number of nitrogens with one attached hydrogen (secondary N) is 2. The van der Waals surface area contributed by atoms with Gasteiger partial charge in [-0.15, -0.1) is 5.10 Å². The summed E-state index contributed by atoms with van der Waals surface area (Å²) in [6, 6.07) is 6.89. The van der Waals surface area contributed by atoms with Gasteiger partial charge in [-0.2, -0.15) is 4.98 Å². The molecule has 1 heterocycles. The number of carbonyl (C=O) groups is 1. The van der Waals surface area contributed by atoms with Crippen molar-refractivity contribution in [1.29, 1.82) is 0 Å². The van der Waals surface area contributed by atoms with Crippen molar-refractivity contribution in [2.45, 2.75) is 19.4 Å². The average molecular weight is 311 g/mol. The van der Waals surface area contributed by atoms with Gasteiger partial charge in [0.05, 0.1) is 7.11 Å². The first-order valence-corrected chi connectivity index (χ1v) is 6.51. The second-order valence-corrected chi connectivity index (χ2v) is 5.13. The topological polar surface area (TPSA) is 89.1 Å². The molecule has 0 spiro atoms. The lowest BCUT2D eigenvalue weighted by molar-refractivity contribution is -0.128. The van der Waals surface area contributed by atoms with Gasteiger partial charge in [0.15, 0.2) is 5.60 Å². The maximum absolute atomic E-state index is 12.2. The minimum absolute atomic E-state index is 0.140. The number of amides is 1. The molecule has 0 aliphatic carbocycles. The minimum atomic E-state index is -1.10. The fraction of sp³-hybridized carbons (Fsp3) is 0.308. The molecule has 0 fully saturated rings. The van der Waals surface area contributed by atoms with Gasteiger partial charge in [0.25, 0.3) is 5.91 Å². The van der Waals surface area contributed by atoms with E-state index in [1.54, 1.807) is 38.1 Å². The predicted octanol–water partition coefficient (Wildman–Crippen LogP) is 2.26. The van der Waals surface area contributed by atoms with Crippen molar-refractivity contribution >= 4 is 23.5 Å². The van der Waals surface area contributed by atoms with Crippen LogP contribution in [0.5, 0.6) is 11.8 Å². The van der Waals surface area contributed by atoms with Gasteiger partial charge in [-0.05, 0) is 38.1 Å². The summed E-state index contributed by atoms with van der Waals surface area (Å²) in [7, 11) is 1.43. The third-order valence-electron chi connectivity index (χ3n) is 2.61. The highest BCUT2D eigenvalue weighted by atomic mass is 35.5. The van der Waals surface area contributed by atoms with Crippen LogP contribution < -0.4 is 14.8 Å². The van der Waals surface area contributed by atoms with E-state index in [9.17, 15) is 4.79 Å². The fourth-order valence-electron chi connectivity index (χ4n) is 1.50. The first-order chi connectivity index (χ1) is 9.90. The van der Waals surface area contributed by atoms with Crippen LogP contribution in [0.15, 0.2) is 24.3 Å². The Morgan fingerprint density at radius 3 is 2.57 bits per heavy atom. The van der Waals surface area contributed by atoms with Crippen molar-refractivity contribution < 1.29 is 14.3 Å². The van der Waals surface area contributed by atoms with Crippen LogP contribution in [-0.2, 0) is 4.79 Å². The standard InChI is InChI=1S/C13H15ClN4O3/c1-13(2,21-9-6-4-8(14)5-7-9)10(19)15-11-16-12(20-3)18-17-11/h4-7H,1-3H3,(H2,15,16,17,18,19). The number of hydrogen-bond donors (Lipinski definition) is 2. The summed E-state index contributed by atoms with van der Waals surface area (Å²) in [5, 5.41) is 9.44. The summed E-state index contributed by atoms with van der Waals surface area (Å²) >= 11 is 5.80. The number of benzene rings is 1. The molecule has 1 amide bonds. The van der Waals surface area contributed by atoms with E-state index in [1.807, 2.05) is 0 Å². The molecule has 1 aromatic carbocycles. The van der Waals surface area contributed by atoms with Gasteiger partial charge in [-0.3, -0.25) is 10.1 Å². The number of rotatable bonds is 5. The molecule has 0 aliphatic rings. The summed E-state index contributed by atoms with van der Waals surface area (Å²) in [4.78, 5) is 16.1. The number of carbonyl (C=O) groups excluding carboxylic acids is 1. The van der Waals surface area contributed by atoms with Crippen LogP contribution in [-0.4, -0.2) is 33.8 Å². The summed E-state index contributed by atoms with van der Waals surface area (Å²) in [6.45, 7) is 3.29. The van der Waals surface area contributed by atoms with Crippen molar-refractivity contribution in [3.05, 3.63) is 29.3 Å². The highest BCUT2D eigenvalue weighted by Crippen LogP contribution is 2.21. The van der Waals surface area contributed by atoms with Crippen LogP contribution >= 0.6 is 11.6 Å². The van der Waals surface area contributed by atoms with E-state index in [4.69, 9.17) is 21.1 Å². The molecule has 0 aliphatic heterocycles. The van der Waals surface area contributed by atoms with Crippen molar-refractivity contribution in [1.82, 2.24) is 15.2 Å². The van der Waals surface area contributed by atoms with Crippen LogP contribution in [0.25, 0.3) is 0 Å². The predicted molar refractivity (Wildman–Crippen MR) is 77.7 cm³/mol. The Morgan fingerprint density at radius 2 is 2.00 bits per heavy atom. The monoisotopic (exact) mass is 310 g/mol. The number of nitrogens with zero attached hydrogens (tertiary/aromatic N) is 2. The summed E-state index contributed by atoms with van der Waals surface area (Å²) in [5.41, 5.74) is -1.10. The second kappa shape index (κ2) is 6.01. The number of hydrogen-bond acceptors (Lipinski definition) is 5. The lowest BCUT2D eigenvalue weighted by Gasteiger charge is -2.24. The molecule has 7 nitrogen and oxygen atoms in total. The van der Waals surface area contributed by atoms with Crippen molar-refractivity contribution in [2.75, 3.05) is 12.4 Å². The van der Waals surface area contributed by atoms with E-state index in [1.165, 1.54) is 7.11 Å². The molecule has 0 saturated heterocycles. The number of ether oxygens (including phenoxy) is 2. The van der Waals surface area contributed by atoms with E-state index >= 15 is 0 Å². The van der Waals surface area contributed by atoms with Crippen LogP contribution in [0, 0.1) is 0 Å². The number of H-pyrrole nitrogens is 1. The maximum Gasteiger partial charge on any atom is 0.336 e. The quantitative estimate of drug-likeness (QED) is 0.884. The molecule has 0 bridgehead atoms. The number of halogens is 1. The first-order valence-electron chi connectivity index (χ1n) is 6.13. The average Bonchev–Trinajstić information content (AvgIpc) is 2.89. The lowest BCUT2D eigenvalue weighted by atomic mass is 10.1. The second-order valence-electron chi connectivity index (χ2n) is 4.69. The summed E-state index contributed by atoms with van der Waals surface area (Å²) in [6.07, 6.45) is 0. The Bertz CT molecular complexity index is 625. The molecule has 0 unspecified atom stereocenters. The van der Waals surface area contributed by atoms with Crippen molar-refractivity contribution in [3.8, 4) is 11.8 Å². The van der Waals surface area contributed by atoms with E-state index in [0.29, 0.717) is 10.8 Å². The minimum Gasteiger partial charge on any atom is -0.478 e. The summed E-state index contributed by atoms with van der Waals surface area (Å²) < 4.78 is 10.5. The Balaban J connectivity index is 2.03. The molecule has 2 aromatic rings. The van der Waals surface area contributed by atoms with Gasteiger partial charge in [-0.25, -0.2) is 5.10 Å². The van der Waals surface area contributed by atoms with Gasteiger partial charge >= 0.3 is 6.01 Å². The van der Waals surface area contributed by atoms with E-state index in [-0.39, 0.29) is 17.9 Å². The van der Waals surface area contributed by atoms with Gasteiger partial charge < -0.3 is 9.47 Å². The van der Waals surface area contributed by atoms with Gasteiger partial charge in [0, 0.05) is 5.02 Å².